The van der Waals surface area contributed by atoms with E-state index in [0.29, 0.717) is 13.0 Å². The number of methoxy groups -OCH3 is 1. The molecule has 3 N–H and O–H groups in total. The summed E-state index contributed by atoms with van der Waals surface area (Å²) in [5.74, 6) is -0.985. The van der Waals surface area contributed by atoms with Gasteiger partial charge in [0.2, 0.25) is 10.0 Å². The number of hydrogen-bond acceptors (Lipinski definition) is 4. The first-order valence-corrected chi connectivity index (χ1v) is 7.97. The summed E-state index contributed by atoms with van der Waals surface area (Å²) in [5, 5.41) is 0.0735. The summed E-state index contributed by atoms with van der Waals surface area (Å²) in [6, 6.07) is 2.21. The quantitative estimate of drug-likeness (QED) is 0.567. The Bertz CT molecular complexity index is 552. The molecule has 0 atom stereocenters. The number of halogens is 2. The molecule has 8 heteroatoms. The zero-order valence-corrected chi connectivity index (χ0v) is 12.7. The lowest BCUT2D eigenvalue weighted by molar-refractivity contribution is 0.192. The molecule has 0 radical (unpaired) electrons. The highest BCUT2D eigenvalue weighted by Gasteiger charge is 2.21. The van der Waals surface area contributed by atoms with E-state index in [-0.39, 0.29) is 17.3 Å². The summed E-state index contributed by atoms with van der Waals surface area (Å²) in [5.41, 5.74) is 5.07. The third kappa shape index (κ3) is 4.90. The number of benzene rings is 1. The minimum atomic E-state index is -3.95. The summed E-state index contributed by atoms with van der Waals surface area (Å²) in [7, 11) is -2.34. The largest absolute Gasteiger partial charge is 0.396 e. The molecule has 0 amide bonds. The Kier molecular flexibility index (Phi) is 6.67. The van der Waals surface area contributed by atoms with Crippen LogP contribution in [-0.4, -0.2) is 28.7 Å². The van der Waals surface area contributed by atoms with Gasteiger partial charge in [0.1, 0.15) is 4.90 Å². The van der Waals surface area contributed by atoms with Gasteiger partial charge in [0, 0.05) is 25.3 Å². The summed E-state index contributed by atoms with van der Waals surface area (Å²) in [6.07, 6.45) is 2.30. The van der Waals surface area contributed by atoms with Crippen LogP contribution in [0, 0.1) is 5.82 Å². The van der Waals surface area contributed by atoms with E-state index in [1.54, 1.807) is 7.11 Å². The van der Waals surface area contributed by atoms with Gasteiger partial charge in [-0.1, -0.05) is 11.6 Å². The second-order valence-corrected chi connectivity index (χ2v) is 6.43. The highest BCUT2D eigenvalue weighted by atomic mass is 35.5. The molecule has 20 heavy (non-hydrogen) atoms. The summed E-state index contributed by atoms with van der Waals surface area (Å²) >= 11 is 5.69. The standard InChI is InChI=1S/C12H18ClFN2O3S/c1-19-6-4-2-3-5-16-20(17,18)11-8-9(13)7-10(15)12(11)14/h7-8,16H,2-6,15H2,1H3. The fourth-order valence-corrected chi connectivity index (χ4v) is 3.11. The number of ether oxygens (including phenoxy) is 1. The lowest BCUT2D eigenvalue weighted by Gasteiger charge is -2.09. The molecule has 0 spiro atoms. The molecule has 0 saturated heterocycles. The smallest absolute Gasteiger partial charge is 0.243 e. The van der Waals surface area contributed by atoms with Gasteiger partial charge in [0.15, 0.2) is 5.82 Å². The molecule has 0 bridgehead atoms. The molecule has 0 unspecified atom stereocenters. The molecule has 0 aliphatic carbocycles. The van der Waals surface area contributed by atoms with E-state index in [4.69, 9.17) is 22.1 Å². The van der Waals surface area contributed by atoms with Crippen LogP contribution >= 0.6 is 11.6 Å². The molecular formula is C12H18ClFN2O3S. The molecule has 0 aliphatic rings. The molecule has 0 aromatic heterocycles. The number of sulfonamides is 1. The van der Waals surface area contributed by atoms with Gasteiger partial charge in [-0.3, -0.25) is 0 Å². The van der Waals surface area contributed by atoms with Gasteiger partial charge < -0.3 is 10.5 Å². The van der Waals surface area contributed by atoms with Gasteiger partial charge in [0.05, 0.1) is 5.69 Å². The molecular weight excluding hydrogens is 307 g/mol. The molecule has 0 fully saturated rings. The minimum absolute atomic E-state index is 0.0735. The first-order chi connectivity index (χ1) is 9.38. The number of anilines is 1. The second kappa shape index (κ2) is 7.78. The van der Waals surface area contributed by atoms with Crippen LogP contribution in [0.25, 0.3) is 0 Å². The molecule has 1 rings (SSSR count). The third-order valence-corrected chi connectivity index (χ3v) is 4.32. The Morgan fingerprint density at radius 2 is 2.05 bits per heavy atom. The predicted molar refractivity (Wildman–Crippen MR) is 76.7 cm³/mol. The van der Waals surface area contributed by atoms with Crippen molar-refractivity contribution < 1.29 is 17.5 Å². The maximum atomic E-state index is 13.7. The fourth-order valence-electron chi connectivity index (χ4n) is 1.61. The van der Waals surface area contributed by atoms with Gasteiger partial charge in [-0.25, -0.2) is 17.5 Å². The Morgan fingerprint density at radius 1 is 1.35 bits per heavy atom. The van der Waals surface area contributed by atoms with E-state index in [1.807, 2.05) is 0 Å². The van der Waals surface area contributed by atoms with Crippen molar-refractivity contribution in [1.29, 1.82) is 0 Å². The van der Waals surface area contributed by atoms with E-state index < -0.39 is 20.7 Å². The molecule has 5 nitrogen and oxygen atoms in total. The van der Waals surface area contributed by atoms with Crippen molar-refractivity contribution in [2.75, 3.05) is 26.0 Å². The van der Waals surface area contributed by atoms with E-state index in [1.165, 1.54) is 6.07 Å². The van der Waals surface area contributed by atoms with Crippen LogP contribution in [-0.2, 0) is 14.8 Å². The highest BCUT2D eigenvalue weighted by Crippen LogP contribution is 2.25. The lowest BCUT2D eigenvalue weighted by atomic mass is 10.2. The maximum Gasteiger partial charge on any atom is 0.243 e. The zero-order valence-electron chi connectivity index (χ0n) is 11.2. The molecule has 0 aliphatic heterocycles. The minimum Gasteiger partial charge on any atom is -0.396 e. The van der Waals surface area contributed by atoms with Crippen LogP contribution in [0.2, 0.25) is 5.02 Å². The second-order valence-electron chi connectivity index (χ2n) is 4.26. The molecule has 114 valence electrons. The van der Waals surface area contributed by atoms with Crippen LogP contribution in [0.15, 0.2) is 17.0 Å². The SMILES string of the molecule is COCCCCCNS(=O)(=O)c1cc(Cl)cc(N)c1F. The number of nitrogens with one attached hydrogen (secondary N) is 1. The average molecular weight is 325 g/mol. The Hall–Kier alpha value is -0.890. The van der Waals surface area contributed by atoms with Crippen molar-refractivity contribution >= 4 is 27.3 Å². The predicted octanol–water partition coefficient (Wildman–Crippen LogP) is 2.16. The Labute approximate surface area is 123 Å². The summed E-state index contributed by atoms with van der Waals surface area (Å²) in [6.45, 7) is 0.851. The summed E-state index contributed by atoms with van der Waals surface area (Å²) < 4.78 is 44.9. The monoisotopic (exact) mass is 324 g/mol. The van der Waals surface area contributed by atoms with Crippen molar-refractivity contribution in [1.82, 2.24) is 4.72 Å². The number of hydrogen-bond donors (Lipinski definition) is 2. The molecule has 0 saturated carbocycles. The Morgan fingerprint density at radius 3 is 2.70 bits per heavy atom. The molecule has 1 aromatic rings. The number of nitrogens with two attached hydrogens (primary N) is 1. The van der Waals surface area contributed by atoms with Crippen molar-refractivity contribution in [2.24, 2.45) is 0 Å². The highest BCUT2D eigenvalue weighted by molar-refractivity contribution is 7.89. The van der Waals surface area contributed by atoms with Gasteiger partial charge in [-0.15, -0.1) is 0 Å². The molecule has 0 heterocycles. The van der Waals surface area contributed by atoms with Gasteiger partial charge in [0.25, 0.3) is 0 Å². The van der Waals surface area contributed by atoms with E-state index in [9.17, 15) is 12.8 Å². The molecule has 1 aromatic carbocycles. The van der Waals surface area contributed by atoms with Gasteiger partial charge >= 0.3 is 0 Å². The topological polar surface area (TPSA) is 81.4 Å². The van der Waals surface area contributed by atoms with Crippen molar-refractivity contribution in [3.63, 3.8) is 0 Å². The van der Waals surface area contributed by atoms with Crippen LogP contribution in [0.5, 0.6) is 0 Å². The van der Waals surface area contributed by atoms with Crippen molar-refractivity contribution in [3.8, 4) is 0 Å². The van der Waals surface area contributed by atoms with Crippen molar-refractivity contribution in [3.05, 3.63) is 23.0 Å². The number of nitrogen functional groups attached to an aromatic ring is 1. The van der Waals surface area contributed by atoms with Crippen LogP contribution in [0.4, 0.5) is 10.1 Å². The van der Waals surface area contributed by atoms with E-state index >= 15 is 0 Å². The van der Waals surface area contributed by atoms with Gasteiger partial charge in [-0.05, 0) is 31.4 Å². The summed E-state index contributed by atoms with van der Waals surface area (Å²) in [4.78, 5) is -0.528. The lowest BCUT2D eigenvalue weighted by Crippen LogP contribution is -2.26. The normalized spacial score (nSPS) is 11.8. The third-order valence-electron chi connectivity index (χ3n) is 2.64. The number of rotatable bonds is 8. The van der Waals surface area contributed by atoms with Crippen LogP contribution < -0.4 is 10.5 Å². The zero-order chi connectivity index (χ0) is 15.2. The van der Waals surface area contributed by atoms with Gasteiger partial charge in [-0.2, -0.15) is 0 Å². The average Bonchev–Trinajstić information content (AvgIpc) is 2.37. The van der Waals surface area contributed by atoms with E-state index in [0.717, 1.165) is 18.9 Å². The first kappa shape index (κ1) is 17.2. The first-order valence-electron chi connectivity index (χ1n) is 6.11. The van der Waals surface area contributed by atoms with Crippen molar-refractivity contribution in [2.45, 2.75) is 24.2 Å². The Balaban J connectivity index is 2.65. The van der Waals surface area contributed by atoms with E-state index in [2.05, 4.69) is 4.72 Å². The maximum absolute atomic E-state index is 13.7. The fraction of sp³-hybridized carbons (Fsp3) is 0.500. The van der Waals surface area contributed by atoms with Crippen LogP contribution in [0.3, 0.4) is 0 Å². The van der Waals surface area contributed by atoms with Crippen LogP contribution in [0.1, 0.15) is 19.3 Å². The number of unbranched alkanes of at least 4 members (excludes halogenated alkanes) is 2.